The highest BCUT2D eigenvalue weighted by molar-refractivity contribution is 7.99. The summed E-state index contributed by atoms with van der Waals surface area (Å²) in [5.41, 5.74) is 0.817. The molecule has 0 radical (unpaired) electrons. The fraction of sp³-hybridized carbons (Fsp3) is 0.0588. The molecular weight excluding hydrogens is 325 g/mol. The van der Waals surface area contributed by atoms with Gasteiger partial charge in [-0.15, -0.1) is 16.8 Å². The molecule has 0 unspecified atom stereocenters. The fourth-order valence-electron chi connectivity index (χ4n) is 2.16. The van der Waals surface area contributed by atoms with E-state index in [0.717, 1.165) is 5.56 Å². The second-order valence-electron chi connectivity index (χ2n) is 4.77. The molecule has 2 heterocycles. The van der Waals surface area contributed by atoms with Crippen LogP contribution in [-0.2, 0) is 6.54 Å². The third-order valence-electron chi connectivity index (χ3n) is 3.24. The van der Waals surface area contributed by atoms with Gasteiger partial charge in [0.15, 0.2) is 11.0 Å². The van der Waals surface area contributed by atoms with E-state index in [9.17, 15) is 4.39 Å². The van der Waals surface area contributed by atoms with E-state index in [4.69, 9.17) is 5.26 Å². The average molecular weight is 337 g/mol. The van der Waals surface area contributed by atoms with Gasteiger partial charge in [-0.05, 0) is 36.0 Å². The van der Waals surface area contributed by atoms with E-state index in [1.54, 1.807) is 30.6 Å². The van der Waals surface area contributed by atoms with E-state index in [1.807, 2.05) is 22.8 Å². The van der Waals surface area contributed by atoms with E-state index in [2.05, 4.69) is 21.8 Å². The first-order valence-corrected chi connectivity index (χ1v) is 7.87. The summed E-state index contributed by atoms with van der Waals surface area (Å²) in [6, 6.07) is 10.1. The molecule has 118 valence electrons. The van der Waals surface area contributed by atoms with Crippen LogP contribution >= 0.6 is 11.8 Å². The van der Waals surface area contributed by atoms with Gasteiger partial charge in [-0.1, -0.05) is 12.1 Å². The minimum atomic E-state index is -0.551. The maximum absolute atomic E-state index is 13.8. The minimum Gasteiger partial charge on any atom is -0.298 e. The summed E-state index contributed by atoms with van der Waals surface area (Å²) >= 11 is 1.19. The van der Waals surface area contributed by atoms with Gasteiger partial charge in [-0.3, -0.25) is 9.55 Å². The van der Waals surface area contributed by atoms with Crippen molar-refractivity contribution in [2.75, 3.05) is 0 Å². The molecule has 1 aromatic carbocycles. The van der Waals surface area contributed by atoms with E-state index in [0.29, 0.717) is 22.4 Å². The van der Waals surface area contributed by atoms with Crippen LogP contribution in [-0.4, -0.2) is 19.7 Å². The standard InChI is InChI=1S/C17H12FN5S/c1-2-9-23-16(12-5-4-8-20-11-12)21-22-17(23)24-15-7-3-6-14(18)13(15)10-19/h2-8,11H,1,9H2. The highest BCUT2D eigenvalue weighted by Crippen LogP contribution is 2.32. The highest BCUT2D eigenvalue weighted by atomic mass is 32.2. The largest absolute Gasteiger partial charge is 0.298 e. The maximum atomic E-state index is 13.8. The number of rotatable bonds is 5. The molecule has 0 saturated carbocycles. The molecule has 0 spiro atoms. The molecule has 0 fully saturated rings. The molecule has 5 nitrogen and oxygen atoms in total. The summed E-state index contributed by atoms with van der Waals surface area (Å²) in [5, 5.41) is 18.1. The molecule has 7 heteroatoms. The van der Waals surface area contributed by atoms with E-state index in [-0.39, 0.29) is 5.56 Å². The van der Waals surface area contributed by atoms with Crippen LogP contribution in [0.25, 0.3) is 11.4 Å². The Hall–Kier alpha value is -2.98. The fourth-order valence-corrected chi connectivity index (χ4v) is 3.10. The second-order valence-corrected chi connectivity index (χ2v) is 5.78. The Morgan fingerprint density at radius 2 is 2.17 bits per heavy atom. The topological polar surface area (TPSA) is 67.4 Å². The molecule has 0 saturated heterocycles. The number of hydrogen-bond donors (Lipinski definition) is 0. The van der Waals surface area contributed by atoms with Gasteiger partial charge >= 0.3 is 0 Å². The monoisotopic (exact) mass is 337 g/mol. The Kier molecular flexibility index (Phi) is 4.68. The summed E-state index contributed by atoms with van der Waals surface area (Å²) in [4.78, 5) is 4.58. The lowest BCUT2D eigenvalue weighted by Crippen LogP contribution is -2.01. The predicted octanol–water partition coefficient (Wildman–Crippen LogP) is 3.69. The Bertz CT molecular complexity index is 914. The third kappa shape index (κ3) is 3.05. The van der Waals surface area contributed by atoms with Crippen molar-refractivity contribution in [2.24, 2.45) is 0 Å². The van der Waals surface area contributed by atoms with Crippen molar-refractivity contribution in [3.8, 4) is 17.5 Å². The highest BCUT2D eigenvalue weighted by Gasteiger charge is 2.17. The van der Waals surface area contributed by atoms with Gasteiger partial charge in [0.2, 0.25) is 0 Å². The van der Waals surface area contributed by atoms with E-state index < -0.39 is 5.82 Å². The van der Waals surface area contributed by atoms with Gasteiger partial charge < -0.3 is 0 Å². The molecule has 2 aromatic heterocycles. The number of halogens is 1. The average Bonchev–Trinajstić information content (AvgIpc) is 2.99. The smallest absolute Gasteiger partial charge is 0.196 e. The lowest BCUT2D eigenvalue weighted by Gasteiger charge is -2.08. The van der Waals surface area contributed by atoms with Crippen molar-refractivity contribution in [3.63, 3.8) is 0 Å². The molecule has 0 N–H and O–H groups in total. The van der Waals surface area contributed by atoms with Crippen molar-refractivity contribution >= 4 is 11.8 Å². The number of nitriles is 1. The van der Waals surface area contributed by atoms with Crippen molar-refractivity contribution in [1.29, 1.82) is 5.26 Å². The van der Waals surface area contributed by atoms with Crippen LogP contribution in [0.2, 0.25) is 0 Å². The van der Waals surface area contributed by atoms with Gasteiger partial charge in [-0.2, -0.15) is 5.26 Å². The molecule has 0 aliphatic carbocycles. The zero-order chi connectivity index (χ0) is 16.9. The molecule has 0 bridgehead atoms. The molecule has 0 amide bonds. The molecule has 0 aliphatic heterocycles. The summed E-state index contributed by atoms with van der Waals surface area (Å²) in [6.45, 7) is 4.24. The Morgan fingerprint density at radius 1 is 1.29 bits per heavy atom. The van der Waals surface area contributed by atoms with Crippen LogP contribution in [0.3, 0.4) is 0 Å². The van der Waals surface area contributed by atoms with Crippen LogP contribution in [0.15, 0.2) is 65.4 Å². The van der Waals surface area contributed by atoms with Crippen molar-refractivity contribution in [1.82, 2.24) is 19.7 Å². The van der Waals surface area contributed by atoms with Gasteiger partial charge in [-0.25, -0.2) is 4.39 Å². The lowest BCUT2D eigenvalue weighted by atomic mass is 10.2. The van der Waals surface area contributed by atoms with Gasteiger partial charge in [0, 0.05) is 29.4 Å². The summed E-state index contributed by atoms with van der Waals surface area (Å²) < 4.78 is 15.6. The zero-order valence-corrected chi connectivity index (χ0v) is 13.4. The normalized spacial score (nSPS) is 10.3. The lowest BCUT2D eigenvalue weighted by molar-refractivity contribution is 0.619. The minimum absolute atomic E-state index is 0.00131. The van der Waals surface area contributed by atoms with E-state index >= 15 is 0 Å². The number of allylic oxidation sites excluding steroid dienone is 1. The SMILES string of the molecule is C=CCn1c(Sc2cccc(F)c2C#N)nnc1-c1cccnc1. The summed E-state index contributed by atoms with van der Waals surface area (Å²) in [7, 11) is 0. The van der Waals surface area contributed by atoms with Crippen LogP contribution in [0.1, 0.15) is 5.56 Å². The zero-order valence-electron chi connectivity index (χ0n) is 12.6. The number of aromatic nitrogens is 4. The Morgan fingerprint density at radius 3 is 2.88 bits per heavy atom. The molecule has 0 atom stereocenters. The second kappa shape index (κ2) is 7.06. The van der Waals surface area contributed by atoms with Crippen LogP contribution in [0.5, 0.6) is 0 Å². The maximum Gasteiger partial charge on any atom is 0.196 e. The van der Waals surface area contributed by atoms with Crippen LogP contribution < -0.4 is 0 Å². The quantitative estimate of drug-likeness (QED) is 0.664. The molecule has 0 aliphatic rings. The summed E-state index contributed by atoms with van der Waals surface area (Å²) in [6.07, 6.45) is 5.10. The molecule has 3 aromatic rings. The Balaban J connectivity index is 2.04. The van der Waals surface area contributed by atoms with Crippen molar-refractivity contribution in [2.45, 2.75) is 16.6 Å². The molecule has 24 heavy (non-hydrogen) atoms. The van der Waals surface area contributed by atoms with Crippen molar-refractivity contribution in [3.05, 3.63) is 66.8 Å². The van der Waals surface area contributed by atoms with Gasteiger partial charge in [0.05, 0.1) is 0 Å². The van der Waals surface area contributed by atoms with Crippen LogP contribution in [0, 0.1) is 17.1 Å². The van der Waals surface area contributed by atoms with Crippen molar-refractivity contribution < 1.29 is 4.39 Å². The van der Waals surface area contributed by atoms with E-state index in [1.165, 1.54) is 17.8 Å². The third-order valence-corrected chi connectivity index (χ3v) is 4.28. The first-order chi connectivity index (χ1) is 11.7. The number of benzene rings is 1. The van der Waals surface area contributed by atoms with Gasteiger partial charge in [0.1, 0.15) is 17.4 Å². The molecule has 3 rings (SSSR count). The molecular formula is C17H12FN5S. The number of nitrogens with zero attached hydrogens (tertiary/aromatic N) is 5. The first-order valence-electron chi connectivity index (χ1n) is 7.05. The number of hydrogen-bond acceptors (Lipinski definition) is 5. The number of pyridine rings is 1. The Labute approximate surface area is 142 Å². The predicted molar refractivity (Wildman–Crippen MR) is 88.7 cm³/mol. The van der Waals surface area contributed by atoms with Crippen LogP contribution in [0.4, 0.5) is 4.39 Å². The van der Waals surface area contributed by atoms with Gasteiger partial charge in [0.25, 0.3) is 0 Å². The summed E-state index contributed by atoms with van der Waals surface area (Å²) in [5.74, 6) is 0.0881. The first kappa shape index (κ1) is 15.9.